The zero-order valence-corrected chi connectivity index (χ0v) is 15.7. The molecule has 0 spiro atoms. The summed E-state index contributed by atoms with van der Waals surface area (Å²) in [7, 11) is 0. The van der Waals surface area contributed by atoms with Gasteiger partial charge in [-0.25, -0.2) is 0 Å². The van der Waals surface area contributed by atoms with Gasteiger partial charge in [0.1, 0.15) is 24.2 Å². The van der Waals surface area contributed by atoms with Crippen LogP contribution in [0.3, 0.4) is 0 Å². The van der Waals surface area contributed by atoms with E-state index >= 15 is 0 Å². The highest BCUT2D eigenvalue weighted by Gasteiger charge is 2.34. The highest BCUT2D eigenvalue weighted by molar-refractivity contribution is 6.30. The second-order valence-corrected chi connectivity index (χ2v) is 6.75. The highest BCUT2D eigenvalue weighted by Crippen LogP contribution is 2.36. The number of hydrogen-bond acceptors (Lipinski definition) is 8. The summed E-state index contributed by atoms with van der Waals surface area (Å²) in [6.07, 6.45) is -0.945. The van der Waals surface area contributed by atoms with E-state index in [1.807, 2.05) is 0 Å². The van der Waals surface area contributed by atoms with Crippen LogP contribution in [0.4, 0.5) is 0 Å². The van der Waals surface area contributed by atoms with E-state index < -0.39 is 11.9 Å². The van der Waals surface area contributed by atoms with Gasteiger partial charge in [0.15, 0.2) is 5.78 Å². The van der Waals surface area contributed by atoms with E-state index in [1.165, 1.54) is 30.3 Å². The SMILES string of the molecule is O=C1c2cccc(O)c2C(=O)c2c(OCC(O)CN(CCO)CCO)cccc21. The monoisotopic (exact) mass is 401 g/mol. The van der Waals surface area contributed by atoms with E-state index in [-0.39, 0.29) is 65.9 Å². The fourth-order valence-corrected chi connectivity index (χ4v) is 3.43. The normalized spacial score (nSPS) is 13.9. The van der Waals surface area contributed by atoms with Crippen LogP contribution in [0.5, 0.6) is 11.5 Å². The molecule has 29 heavy (non-hydrogen) atoms. The molecule has 0 radical (unpaired) electrons. The van der Waals surface area contributed by atoms with Crippen molar-refractivity contribution in [1.29, 1.82) is 0 Å². The molecule has 0 amide bonds. The van der Waals surface area contributed by atoms with Gasteiger partial charge in [0.25, 0.3) is 0 Å². The third kappa shape index (κ3) is 4.30. The van der Waals surface area contributed by atoms with Crippen molar-refractivity contribution in [2.45, 2.75) is 6.10 Å². The average Bonchev–Trinajstić information content (AvgIpc) is 2.70. The Morgan fingerprint density at radius 1 is 0.897 bits per heavy atom. The number of benzene rings is 2. The largest absolute Gasteiger partial charge is 0.507 e. The maximum Gasteiger partial charge on any atom is 0.201 e. The van der Waals surface area contributed by atoms with Crippen LogP contribution >= 0.6 is 0 Å². The molecule has 1 unspecified atom stereocenters. The van der Waals surface area contributed by atoms with Gasteiger partial charge in [-0.1, -0.05) is 24.3 Å². The summed E-state index contributed by atoms with van der Waals surface area (Å²) in [6, 6.07) is 8.98. The Morgan fingerprint density at radius 3 is 2.17 bits per heavy atom. The number of aromatic hydroxyl groups is 1. The number of ether oxygens (including phenoxy) is 1. The molecule has 8 heteroatoms. The topological polar surface area (TPSA) is 128 Å². The molecular formula is C21H23NO7. The van der Waals surface area contributed by atoms with Gasteiger partial charge in [-0.15, -0.1) is 0 Å². The van der Waals surface area contributed by atoms with Crippen molar-refractivity contribution < 1.29 is 34.8 Å². The first-order chi connectivity index (χ1) is 14.0. The van der Waals surface area contributed by atoms with Crippen LogP contribution in [-0.4, -0.2) is 82.5 Å². The Labute approximate surface area is 167 Å². The fourth-order valence-electron chi connectivity index (χ4n) is 3.43. The van der Waals surface area contributed by atoms with Crippen molar-refractivity contribution in [2.24, 2.45) is 0 Å². The molecule has 0 saturated carbocycles. The lowest BCUT2D eigenvalue weighted by Crippen LogP contribution is -2.39. The van der Waals surface area contributed by atoms with Crippen LogP contribution in [-0.2, 0) is 0 Å². The first-order valence-electron chi connectivity index (χ1n) is 9.27. The molecule has 4 N–H and O–H groups in total. The highest BCUT2D eigenvalue weighted by atomic mass is 16.5. The molecule has 1 aliphatic carbocycles. The van der Waals surface area contributed by atoms with Crippen molar-refractivity contribution in [3.8, 4) is 11.5 Å². The lowest BCUT2D eigenvalue weighted by atomic mass is 9.83. The lowest BCUT2D eigenvalue weighted by Gasteiger charge is -2.24. The molecule has 2 aromatic carbocycles. The molecule has 0 heterocycles. The van der Waals surface area contributed by atoms with Gasteiger partial charge in [-0.05, 0) is 12.1 Å². The molecule has 154 valence electrons. The number of phenolic OH excluding ortho intramolecular Hbond substituents is 1. The van der Waals surface area contributed by atoms with E-state index in [1.54, 1.807) is 11.0 Å². The van der Waals surface area contributed by atoms with Crippen molar-refractivity contribution in [1.82, 2.24) is 4.90 Å². The van der Waals surface area contributed by atoms with Gasteiger partial charge in [-0.3, -0.25) is 14.5 Å². The second kappa shape index (κ2) is 9.15. The molecule has 0 bridgehead atoms. The molecular weight excluding hydrogens is 378 g/mol. The van der Waals surface area contributed by atoms with Crippen molar-refractivity contribution in [3.05, 3.63) is 58.7 Å². The quantitative estimate of drug-likeness (QED) is 0.400. The number of carbonyl (C=O) groups excluding carboxylic acids is 2. The first kappa shape index (κ1) is 20.9. The first-order valence-corrected chi connectivity index (χ1v) is 9.27. The van der Waals surface area contributed by atoms with E-state index in [2.05, 4.69) is 0 Å². The Hall–Kier alpha value is -2.78. The molecule has 3 rings (SSSR count). The minimum absolute atomic E-state index is 0.0567. The maximum atomic E-state index is 13.0. The number of carbonyl (C=O) groups is 2. The van der Waals surface area contributed by atoms with E-state index in [9.17, 15) is 19.8 Å². The van der Waals surface area contributed by atoms with Crippen LogP contribution in [0.2, 0.25) is 0 Å². The minimum Gasteiger partial charge on any atom is -0.507 e. The predicted molar refractivity (Wildman–Crippen MR) is 104 cm³/mol. The third-order valence-electron chi connectivity index (χ3n) is 4.74. The number of phenols is 1. The minimum atomic E-state index is -0.945. The summed E-state index contributed by atoms with van der Waals surface area (Å²) in [5.74, 6) is -1.02. The standard InChI is InChI=1S/C21H23NO7/c23-9-7-22(8-10-24)11-13(25)12-29-17-6-2-4-15-19(17)21(28)18-14(20(15)27)3-1-5-16(18)26/h1-6,13,23-26H,7-12H2. The molecule has 8 nitrogen and oxygen atoms in total. The van der Waals surface area contributed by atoms with E-state index in [4.69, 9.17) is 14.9 Å². The van der Waals surface area contributed by atoms with E-state index in [0.29, 0.717) is 13.1 Å². The van der Waals surface area contributed by atoms with Gasteiger partial charge < -0.3 is 25.2 Å². The van der Waals surface area contributed by atoms with Crippen molar-refractivity contribution >= 4 is 11.6 Å². The fraction of sp³-hybridized carbons (Fsp3) is 0.333. The van der Waals surface area contributed by atoms with Crippen molar-refractivity contribution in [3.63, 3.8) is 0 Å². The molecule has 0 saturated heterocycles. The van der Waals surface area contributed by atoms with Gasteiger partial charge in [0.05, 0.1) is 24.3 Å². The van der Waals surface area contributed by atoms with Crippen molar-refractivity contribution in [2.75, 3.05) is 39.5 Å². The number of rotatable bonds is 9. The smallest absolute Gasteiger partial charge is 0.201 e. The van der Waals surface area contributed by atoms with Crippen LogP contribution in [0.25, 0.3) is 0 Å². The van der Waals surface area contributed by atoms with Gasteiger partial charge >= 0.3 is 0 Å². The average molecular weight is 401 g/mol. The number of ketones is 2. The molecule has 0 aliphatic heterocycles. The number of aliphatic hydroxyl groups excluding tert-OH is 3. The van der Waals surface area contributed by atoms with Crippen LogP contribution in [0.15, 0.2) is 36.4 Å². The zero-order chi connectivity index (χ0) is 21.0. The summed E-state index contributed by atoms with van der Waals surface area (Å²) < 4.78 is 5.64. The van der Waals surface area contributed by atoms with Gasteiger partial charge in [-0.2, -0.15) is 0 Å². The van der Waals surface area contributed by atoms with Crippen LogP contribution < -0.4 is 4.74 Å². The second-order valence-electron chi connectivity index (χ2n) is 6.75. The molecule has 0 fully saturated rings. The third-order valence-corrected chi connectivity index (χ3v) is 4.74. The Kier molecular flexibility index (Phi) is 6.60. The summed E-state index contributed by atoms with van der Waals surface area (Å²) in [5.41, 5.74) is 0.325. The Morgan fingerprint density at radius 2 is 1.52 bits per heavy atom. The molecule has 0 aromatic heterocycles. The van der Waals surface area contributed by atoms with Gasteiger partial charge in [0, 0.05) is 30.8 Å². The molecule has 1 aliphatic rings. The summed E-state index contributed by atoms with van der Waals surface area (Å²) in [4.78, 5) is 27.4. The summed E-state index contributed by atoms with van der Waals surface area (Å²) in [6.45, 7) is 0.368. The van der Waals surface area contributed by atoms with Gasteiger partial charge in [0.2, 0.25) is 5.78 Å². The molecule has 1 atom stereocenters. The van der Waals surface area contributed by atoms with Crippen LogP contribution in [0, 0.1) is 0 Å². The summed E-state index contributed by atoms with van der Waals surface area (Å²) in [5, 5.41) is 38.4. The Bertz CT molecular complexity index is 906. The number of aliphatic hydroxyl groups is 3. The number of fused-ring (bicyclic) bond motifs is 2. The van der Waals surface area contributed by atoms with E-state index in [0.717, 1.165) is 0 Å². The number of nitrogens with zero attached hydrogens (tertiary/aromatic N) is 1. The van der Waals surface area contributed by atoms with Crippen LogP contribution in [0.1, 0.15) is 31.8 Å². The zero-order valence-electron chi connectivity index (χ0n) is 15.7. The molecule has 2 aromatic rings. The predicted octanol–water partition coefficient (Wildman–Crippen LogP) is 0.194. The summed E-state index contributed by atoms with van der Waals surface area (Å²) >= 11 is 0. The lowest BCUT2D eigenvalue weighted by molar-refractivity contribution is 0.0547. The maximum absolute atomic E-state index is 13.0. The number of hydrogen-bond donors (Lipinski definition) is 4. The Balaban J connectivity index is 1.80.